The zero-order valence-corrected chi connectivity index (χ0v) is 19.9. The summed E-state index contributed by atoms with van der Waals surface area (Å²) in [5, 5.41) is 0.256. The van der Waals surface area contributed by atoms with Crippen molar-refractivity contribution in [1.29, 1.82) is 0 Å². The number of carbonyl (C=O) groups is 2. The summed E-state index contributed by atoms with van der Waals surface area (Å²) in [6.07, 6.45) is 0. The Morgan fingerprint density at radius 2 is 1.59 bits per heavy atom. The van der Waals surface area contributed by atoms with E-state index in [0.29, 0.717) is 55.1 Å². The van der Waals surface area contributed by atoms with Crippen LogP contribution in [0.15, 0.2) is 54.6 Å². The molecule has 0 amide bonds. The highest BCUT2D eigenvalue weighted by Gasteiger charge is 2.58. The second-order valence-electron chi connectivity index (χ2n) is 9.07. The van der Waals surface area contributed by atoms with Gasteiger partial charge in [-0.25, -0.2) is 9.37 Å². The van der Waals surface area contributed by atoms with Crippen LogP contribution in [-0.4, -0.2) is 52.5 Å². The van der Waals surface area contributed by atoms with Crippen LogP contribution in [0.2, 0.25) is 5.15 Å². The number of benzene rings is 2. The predicted octanol–water partition coefficient (Wildman–Crippen LogP) is 4.58. The fraction of sp³-hybridized carbons (Fsp3) is 0.296. The Morgan fingerprint density at radius 1 is 0.941 bits per heavy atom. The lowest BCUT2D eigenvalue weighted by Gasteiger charge is -2.44. The van der Waals surface area contributed by atoms with Gasteiger partial charge in [-0.05, 0) is 54.8 Å². The Balaban J connectivity index is 1.49. The summed E-state index contributed by atoms with van der Waals surface area (Å²) in [6, 6.07) is 15.3. The quantitative estimate of drug-likeness (QED) is 0.406. The third-order valence-corrected chi connectivity index (χ3v) is 7.16. The van der Waals surface area contributed by atoms with E-state index in [0.717, 1.165) is 11.1 Å². The van der Waals surface area contributed by atoms with Crippen LogP contribution in [-0.2, 0) is 12.1 Å². The van der Waals surface area contributed by atoms with Crippen LogP contribution in [0.25, 0.3) is 0 Å². The number of carbonyl (C=O) groups excluding carboxylic acids is 2. The number of hydrogen-bond donors (Lipinski definition) is 0. The summed E-state index contributed by atoms with van der Waals surface area (Å²) in [4.78, 5) is 36.3. The molecule has 2 heterocycles. The summed E-state index contributed by atoms with van der Waals surface area (Å²) in [7, 11) is 0. The lowest BCUT2D eigenvalue weighted by atomic mass is 9.82. The molecule has 5 rings (SSSR count). The Bertz CT molecular complexity index is 1250. The smallest absolute Gasteiger partial charge is 0.196 e. The number of halogens is 2. The van der Waals surface area contributed by atoms with Crippen molar-refractivity contribution in [2.24, 2.45) is 0 Å². The average Bonchev–Trinajstić information content (AvgIpc) is 3.04. The molecule has 1 fully saturated rings. The molecule has 5 nitrogen and oxygen atoms in total. The van der Waals surface area contributed by atoms with Crippen LogP contribution in [0.5, 0.6) is 0 Å². The third kappa shape index (κ3) is 3.66. The van der Waals surface area contributed by atoms with Gasteiger partial charge in [-0.15, -0.1) is 0 Å². The molecule has 3 aromatic rings. The van der Waals surface area contributed by atoms with Gasteiger partial charge in [0.1, 0.15) is 11.0 Å². The van der Waals surface area contributed by atoms with Gasteiger partial charge in [-0.2, -0.15) is 0 Å². The maximum Gasteiger partial charge on any atom is 0.196 e. The van der Waals surface area contributed by atoms with Crippen LogP contribution >= 0.6 is 11.6 Å². The van der Waals surface area contributed by atoms with Crippen LogP contribution < -0.4 is 0 Å². The van der Waals surface area contributed by atoms with E-state index in [1.54, 1.807) is 55.5 Å². The molecule has 0 unspecified atom stereocenters. The summed E-state index contributed by atoms with van der Waals surface area (Å²) in [5.74, 6) is -0.684. The summed E-state index contributed by atoms with van der Waals surface area (Å²) in [5.41, 5.74) is 2.62. The first-order valence-corrected chi connectivity index (χ1v) is 11.7. The minimum absolute atomic E-state index is 0.218. The van der Waals surface area contributed by atoms with E-state index in [1.807, 2.05) is 11.8 Å². The van der Waals surface area contributed by atoms with Crippen molar-refractivity contribution in [3.8, 4) is 0 Å². The number of rotatable bonds is 4. The fourth-order valence-corrected chi connectivity index (χ4v) is 5.48. The maximum atomic E-state index is 13.9. The zero-order valence-electron chi connectivity index (χ0n) is 19.1. The number of fused-ring (bicyclic) bond motifs is 1. The van der Waals surface area contributed by atoms with Gasteiger partial charge in [-0.3, -0.25) is 19.4 Å². The molecule has 1 aliphatic carbocycles. The van der Waals surface area contributed by atoms with Gasteiger partial charge >= 0.3 is 0 Å². The maximum absolute atomic E-state index is 13.9. The van der Waals surface area contributed by atoms with Gasteiger partial charge in [0.2, 0.25) is 0 Å². The molecule has 1 aliphatic heterocycles. The van der Waals surface area contributed by atoms with Gasteiger partial charge in [0.15, 0.2) is 17.1 Å². The number of aromatic nitrogens is 1. The standard InChI is InChI=1S/C27H25ClFN3O2/c1-17-7-8-21(29)14-19(17)16-31-9-11-32(12-10-31)27(20-13-18(2)30-24(28)15-20)25(33)22-5-3-4-6-23(22)26(27)34/h3-8,13-15H,9-12,16H2,1-2H3. The number of pyridine rings is 1. The number of hydrogen-bond acceptors (Lipinski definition) is 5. The highest BCUT2D eigenvalue weighted by Crippen LogP contribution is 2.43. The highest BCUT2D eigenvalue weighted by atomic mass is 35.5. The number of ketones is 2. The number of Topliss-reactive ketones (excluding diaryl/α,β-unsaturated/α-hetero) is 2. The molecule has 0 saturated carbocycles. The van der Waals surface area contributed by atoms with Crippen molar-refractivity contribution in [1.82, 2.24) is 14.8 Å². The first-order valence-electron chi connectivity index (χ1n) is 11.4. The molecule has 2 aromatic carbocycles. The van der Waals surface area contributed by atoms with E-state index in [1.165, 1.54) is 6.07 Å². The molecule has 7 heteroatoms. The van der Waals surface area contributed by atoms with Gasteiger partial charge in [-0.1, -0.05) is 41.9 Å². The molecule has 174 valence electrons. The Morgan fingerprint density at radius 3 is 2.21 bits per heavy atom. The van der Waals surface area contributed by atoms with E-state index in [9.17, 15) is 14.0 Å². The van der Waals surface area contributed by atoms with Crippen LogP contribution in [0.4, 0.5) is 4.39 Å². The van der Waals surface area contributed by atoms with E-state index in [2.05, 4.69) is 9.88 Å². The summed E-state index contributed by atoms with van der Waals surface area (Å²) >= 11 is 6.29. The molecule has 0 radical (unpaired) electrons. The van der Waals surface area contributed by atoms with Gasteiger partial charge in [0.25, 0.3) is 0 Å². The molecule has 1 aromatic heterocycles. The van der Waals surface area contributed by atoms with Crippen molar-refractivity contribution in [3.05, 3.63) is 99.1 Å². The van der Waals surface area contributed by atoms with E-state index < -0.39 is 5.54 Å². The lowest BCUT2D eigenvalue weighted by Crippen LogP contribution is -2.60. The molecular weight excluding hydrogens is 453 g/mol. The largest absolute Gasteiger partial charge is 0.297 e. The Labute approximate surface area is 203 Å². The normalized spacial score (nSPS) is 18.4. The predicted molar refractivity (Wildman–Crippen MR) is 129 cm³/mol. The van der Waals surface area contributed by atoms with Crippen LogP contribution in [0.3, 0.4) is 0 Å². The molecule has 0 bridgehead atoms. The molecular formula is C27H25ClFN3O2. The second kappa shape index (κ2) is 8.69. The molecule has 0 N–H and O–H groups in total. The first kappa shape index (κ1) is 22.8. The van der Waals surface area contributed by atoms with Crippen molar-refractivity contribution < 1.29 is 14.0 Å². The number of aryl methyl sites for hydroxylation is 2. The van der Waals surface area contributed by atoms with Gasteiger partial charge in [0, 0.05) is 49.5 Å². The molecule has 1 saturated heterocycles. The van der Waals surface area contributed by atoms with Gasteiger partial charge in [0.05, 0.1) is 0 Å². The van der Waals surface area contributed by atoms with Crippen molar-refractivity contribution in [2.75, 3.05) is 26.2 Å². The number of piperazine rings is 1. The minimum atomic E-state index is -1.46. The van der Waals surface area contributed by atoms with Crippen LogP contribution in [0, 0.1) is 19.7 Å². The molecule has 0 atom stereocenters. The topological polar surface area (TPSA) is 53.5 Å². The lowest BCUT2D eigenvalue weighted by molar-refractivity contribution is 0.0278. The highest BCUT2D eigenvalue weighted by molar-refractivity contribution is 6.33. The molecule has 34 heavy (non-hydrogen) atoms. The minimum Gasteiger partial charge on any atom is -0.297 e. The fourth-order valence-electron chi connectivity index (χ4n) is 5.23. The third-order valence-electron chi connectivity index (χ3n) is 6.97. The van der Waals surface area contributed by atoms with Crippen molar-refractivity contribution in [3.63, 3.8) is 0 Å². The summed E-state index contributed by atoms with van der Waals surface area (Å²) < 4.78 is 13.8. The molecule has 2 aliphatic rings. The van der Waals surface area contributed by atoms with Gasteiger partial charge < -0.3 is 0 Å². The average molecular weight is 478 g/mol. The van der Waals surface area contributed by atoms with E-state index >= 15 is 0 Å². The Kier molecular flexibility index (Phi) is 5.84. The van der Waals surface area contributed by atoms with E-state index in [4.69, 9.17) is 11.6 Å². The van der Waals surface area contributed by atoms with Crippen molar-refractivity contribution >= 4 is 23.2 Å². The zero-order chi connectivity index (χ0) is 24.0. The Hall–Kier alpha value is -2.93. The number of nitrogens with zero attached hydrogens (tertiary/aromatic N) is 3. The second-order valence-corrected chi connectivity index (χ2v) is 9.46. The summed E-state index contributed by atoms with van der Waals surface area (Å²) in [6.45, 7) is 6.71. The van der Waals surface area contributed by atoms with Crippen molar-refractivity contribution in [2.45, 2.75) is 25.9 Å². The van der Waals surface area contributed by atoms with E-state index in [-0.39, 0.29) is 22.5 Å². The van der Waals surface area contributed by atoms with Crippen LogP contribution in [0.1, 0.15) is 43.1 Å². The molecule has 0 spiro atoms. The SMILES string of the molecule is Cc1cc(C2(N3CCN(Cc4cc(F)ccc4C)CC3)C(=O)c3ccccc3C2=O)cc(Cl)n1. The monoisotopic (exact) mass is 477 g/mol. The first-order chi connectivity index (χ1) is 16.3.